The third kappa shape index (κ3) is 10.8. The van der Waals surface area contributed by atoms with Crippen LogP contribution in [0.25, 0.3) is 0 Å². The van der Waals surface area contributed by atoms with Crippen LogP contribution >= 0.6 is 0 Å². The Labute approximate surface area is 242 Å². The fourth-order valence-electron chi connectivity index (χ4n) is 3.97. The number of carbonyl (C=O) groups is 5. The highest BCUT2D eigenvalue weighted by atomic mass is 16.5. The Balaban J connectivity index is 1.61. The van der Waals surface area contributed by atoms with E-state index in [1.165, 1.54) is 12.5 Å². The van der Waals surface area contributed by atoms with Crippen molar-refractivity contribution in [2.75, 3.05) is 13.1 Å². The molecule has 0 saturated heterocycles. The van der Waals surface area contributed by atoms with Crippen LogP contribution in [-0.4, -0.2) is 76.0 Å². The monoisotopic (exact) mass is 578 g/mol. The zero-order chi connectivity index (χ0) is 30.3. The normalized spacial score (nSPS) is 12.8. The molecule has 222 valence electrons. The highest BCUT2D eigenvalue weighted by Gasteiger charge is 2.27. The van der Waals surface area contributed by atoms with Crippen LogP contribution in [0.4, 0.5) is 0 Å². The number of carboxylic acid groups (broad SMARTS) is 1. The number of nitrogens with two attached hydrogens (primary N) is 1. The number of H-pyrrole nitrogens is 1. The largest absolute Gasteiger partial charge is 0.481 e. The smallest absolute Gasteiger partial charge is 0.326 e. The minimum absolute atomic E-state index is 0.0510. The summed E-state index contributed by atoms with van der Waals surface area (Å²) in [5, 5.41) is 16.4. The van der Waals surface area contributed by atoms with Gasteiger partial charge in [0.2, 0.25) is 11.8 Å². The summed E-state index contributed by atoms with van der Waals surface area (Å²) in [6.45, 7) is -0.743. The first-order chi connectivity index (χ1) is 20.2. The van der Waals surface area contributed by atoms with E-state index >= 15 is 0 Å². The summed E-state index contributed by atoms with van der Waals surface area (Å²) in [6.07, 6.45) is 1.58. The fraction of sp³-hybridized carbons (Fsp3) is 0.310. The standard InChI is InChI=1S/C29H34N6O7/c30-22(13-19-7-3-1-4-8-19)27(39)35-23(14-20-9-5-2-6-10-20)28(40)33-17-26(38)42-24(15-21-16-31-18-34-21)29(41)32-12-11-25(36)37/h1-10,16,18,22-24H,11-15,17,30H2,(H,31,34)(H,32,41)(H,33,40)(H,35,39)(H,36,37)/t22-,23-,24?/m0/s1. The van der Waals surface area contributed by atoms with Crippen molar-refractivity contribution in [3.05, 3.63) is 90.0 Å². The third-order valence-corrected chi connectivity index (χ3v) is 6.12. The summed E-state index contributed by atoms with van der Waals surface area (Å²) >= 11 is 0. The number of hydrogen-bond donors (Lipinski definition) is 6. The number of rotatable bonds is 16. The summed E-state index contributed by atoms with van der Waals surface area (Å²) in [5.41, 5.74) is 8.25. The summed E-state index contributed by atoms with van der Waals surface area (Å²) in [5.74, 6) is -3.89. The van der Waals surface area contributed by atoms with E-state index in [1.54, 1.807) is 24.3 Å². The van der Waals surface area contributed by atoms with Gasteiger partial charge in [-0.05, 0) is 17.5 Å². The van der Waals surface area contributed by atoms with Crippen LogP contribution in [0.15, 0.2) is 73.2 Å². The number of carbonyl (C=O) groups excluding carboxylic acids is 4. The molecule has 1 heterocycles. The van der Waals surface area contributed by atoms with Gasteiger partial charge in [0.15, 0.2) is 6.10 Å². The molecule has 42 heavy (non-hydrogen) atoms. The maximum Gasteiger partial charge on any atom is 0.326 e. The number of aromatic amines is 1. The van der Waals surface area contributed by atoms with Crippen molar-refractivity contribution < 1.29 is 33.8 Å². The fourth-order valence-corrected chi connectivity index (χ4v) is 3.97. The molecule has 0 bridgehead atoms. The summed E-state index contributed by atoms with van der Waals surface area (Å²) in [7, 11) is 0. The molecule has 13 nitrogen and oxygen atoms in total. The lowest BCUT2D eigenvalue weighted by molar-refractivity contribution is -0.155. The molecule has 3 atom stereocenters. The van der Waals surface area contributed by atoms with E-state index in [0.29, 0.717) is 5.69 Å². The number of carboxylic acids is 1. The molecule has 2 aromatic carbocycles. The molecular formula is C29H34N6O7. The van der Waals surface area contributed by atoms with Gasteiger partial charge < -0.3 is 36.5 Å². The van der Waals surface area contributed by atoms with Gasteiger partial charge in [-0.2, -0.15) is 0 Å². The van der Waals surface area contributed by atoms with Gasteiger partial charge in [-0.3, -0.25) is 24.0 Å². The molecule has 0 radical (unpaired) electrons. The van der Waals surface area contributed by atoms with Gasteiger partial charge in [0, 0.05) is 31.3 Å². The Kier molecular flexibility index (Phi) is 12.2. The summed E-state index contributed by atoms with van der Waals surface area (Å²) in [4.78, 5) is 68.7. The van der Waals surface area contributed by atoms with E-state index in [9.17, 15) is 24.0 Å². The maximum atomic E-state index is 13.1. The molecule has 0 spiro atoms. The number of nitrogens with zero attached hydrogens (tertiary/aromatic N) is 1. The van der Waals surface area contributed by atoms with Crippen LogP contribution in [0.3, 0.4) is 0 Å². The van der Waals surface area contributed by atoms with Crippen LogP contribution in [-0.2, 0) is 48.0 Å². The average Bonchev–Trinajstić information content (AvgIpc) is 3.49. The number of imidazole rings is 1. The van der Waals surface area contributed by atoms with Crippen LogP contribution < -0.4 is 21.7 Å². The van der Waals surface area contributed by atoms with Crippen molar-refractivity contribution in [1.82, 2.24) is 25.9 Å². The molecule has 0 aliphatic rings. The number of amides is 3. The van der Waals surface area contributed by atoms with Crippen LogP contribution in [0.5, 0.6) is 0 Å². The molecule has 1 unspecified atom stereocenters. The van der Waals surface area contributed by atoms with Crippen molar-refractivity contribution >= 4 is 29.7 Å². The van der Waals surface area contributed by atoms with E-state index in [4.69, 9.17) is 15.6 Å². The molecule has 3 aromatic rings. The van der Waals surface area contributed by atoms with Crippen molar-refractivity contribution in [3.63, 3.8) is 0 Å². The van der Waals surface area contributed by atoms with Crippen molar-refractivity contribution in [2.45, 2.75) is 43.9 Å². The molecule has 3 amide bonds. The van der Waals surface area contributed by atoms with Crippen molar-refractivity contribution in [2.24, 2.45) is 5.73 Å². The molecule has 0 aliphatic heterocycles. The predicted molar refractivity (Wildman–Crippen MR) is 151 cm³/mol. The first kappa shape index (κ1) is 31.5. The van der Waals surface area contributed by atoms with Gasteiger partial charge in [0.1, 0.15) is 12.6 Å². The number of ether oxygens (including phenoxy) is 1. The quantitative estimate of drug-likeness (QED) is 0.125. The highest BCUT2D eigenvalue weighted by Crippen LogP contribution is 2.07. The van der Waals surface area contributed by atoms with E-state index in [-0.39, 0.29) is 32.2 Å². The number of aliphatic carboxylic acids is 1. The molecule has 1 aromatic heterocycles. The average molecular weight is 579 g/mol. The number of esters is 1. The Bertz CT molecular complexity index is 1320. The van der Waals surface area contributed by atoms with Gasteiger partial charge in [0.05, 0.1) is 18.8 Å². The Morgan fingerprint density at radius 3 is 2.10 bits per heavy atom. The molecular weight excluding hydrogens is 544 g/mol. The van der Waals surface area contributed by atoms with Gasteiger partial charge in [0.25, 0.3) is 5.91 Å². The van der Waals surface area contributed by atoms with E-state index in [0.717, 1.165) is 11.1 Å². The van der Waals surface area contributed by atoms with E-state index < -0.39 is 54.4 Å². The van der Waals surface area contributed by atoms with E-state index in [2.05, 4.69) is 25.9 Å². The number of nitrogens with one attached hydrogen (secondary N) is 4. The van der Waals surface area contributed by atoms with Crippen molar-refractivity contribution in [1.29, 1.82) is 0 Å². The number of aromatic nitrogens is 2. The van der Waals surface area contributed by atoms with Crippen LogP contribution in [0, 0.1) is 0 Å². The molecule has 13 heteroatoms. The van der Waals surface area contributed by atoms with Crippen LogP contribution in [0.2, 0.25) is 0 Å². The SMILES string of the molecule is N[C@@H](Cc1ccccc1)C(=O)N[C@@H](Cc1ccccc1)C(=O)NCC(=O)OC(Cc1cnc[nH]1)C(=O)NCCC(=O)O. The minimum Gasteiger partial charge on any atom is -0.481 e. The first-order valence-corrected chi connectivity index (χ1v) is 13.3. The zero-order valence-electron chi connectivity index (χ0n) is 22.8. The number of benzene rings is 2. The minimum atomic E-state index is -1.31. The zero-order valence-corrected chi connectivity index (χ0v) is 22.8. The van der Waals surface area contributed by atoms with Crippen molar-refractivity contribution in [3.8, 4) is 0 Å². The molecule has 3 rings (SSSR count). The Morgan fingerprint density at radius 1 is 0.857 bits per heavy atom. The van der Waals surface area contributed by atoms with Crippen LogP contribution in [0.1, 0.15) is 23.2 Å². The molecule has 0 saturated carbocycles. The molecule has 0 fully saturated rings. The maximum absolute atomic E-state index is 13.1. The first-order valence-electron chi connectivity index (χ1n) is 13.3. The van der Waals surface area contributed by atoms with Gasteiger partial charge in [-0.15, -0.1) is 0 Å². The molecule has 0 aliphatic carbocycles. The third-order valence-electron chi connectivity index (χ3n) is 6.12. The van der Waals surface area contributed by atoms with Gasteiger partial charge in [-0.1, -0.05) is 60.7 Å². The topological polar surface area (TPSA) is 206 Å². The second-order valence-electron chi connectivity index (χ2n) is 9.46. The lowest BCUT2D eigenvalue weighted by atomic mass is 10.0. The molecule has 7 N–H and O–H groups in total. The predicted octanol–water partition coefficient (Wildman–Crippen LogP) is -0.131. The Hall–Kier alpha value is -5.04. The second-order valence-corrected chi connectivity index (χ2v) is 9.46. The van der Waals surface area contributed by atoms with Gasteiger partial charge >= 0.3 is 11.9 Å². The lowest BCUT2D eigenvalue weighted by Gasteiger charge is -2.21. The number of hydrogen-bond acceptors (Lipinski definition) is 8. The lowest BCUT2D eigenvalue weighted by Crippen LogP contribution is -2.53. The Morgan fingerprint density at radius 2 is 1.50 bits per heavy atom. The van der Waals surface area contributed by atoms with Gasteiger partial charge in [-0.25, -0.2) is 4.98 Å². The second kappa shape index (κ2) is 16.3. The summed E-state index contributed by atoms with van der Waals surface area (Å²) in [6, 6.07) is 16.3. The van der Waals surface area contributed by atoms with E-state index in [1.807, 2.05) is 36.4 Å². The summed E-state index contributed by atoms with van der Waals surface area (Å²) < 4.78 is 5.31. The highest BCUT2D eigenvalue weighted by molar-refractivity contribution is 5.92.